The molecule has 6 nitrogen and oxygen atoms in total. The average Bonchev–Trinajstić information content (AvgIpc) is 3.45. The lowest BCUT2D eigenvalue weighted by Gasteiger charge is -2.18. The highest BCUT2D eigenvalue weighted by Crippen LogP contribution is 2.18. The van der Waals surface area contributed by atoms with Gasteiger partial charge in [-0.3, -0.25) is 14.4 Å². The van der Waals surface area contributed by atoms with Crippen molar-refractivity contribution >= 4 is 17.9 Å². The SMILES string of the molecule is CC/C=C\C/C=C\C/C=C\C/C=C\C/C=C\C/C=C\CCCCCCCCCCCCCCC(=O)OCC(COC(=O)CCCCCCCCCCCC)OC(=O)CCCCCCCCCCCCCCCCCCCCCC. The molecule has 0 aliphatic carbocycles. The molecule has 0 heterocycles. The van der Waals surface area contributed by atoms with Gasteiger partial charge in [-0.1, -0.05) is 338 Å². The molecule has 0 amide bonds. The third-order valence-corrected chi connectivity index (χ3v) is 15.2. The molecule has 0 aromatic rings. The summed E-state index contributed by atoms with van der Waals surface area (Å²) < 4.78 is 16.9. The minimum Gasteiger partial charge on any atom is -0.462 e. The zero-order chi connectivity index (χ0) is 57.1. The van der Waals surface area contributed by atoms with Gasteiger partial charge in [0, 0.05) is 19.3 Å². The molecular formula is C73H130O6. The molecule has 6 heteroatoms. The van der Waals surface area contributed by atoms with Crippen molar-refractivity contribution in [3.8, 4) is 0 Å². The minimum atomic E-state index is -0.772. The van der Waals surface area contributed by atoms with Crippen LogP contribution >= 0.6 is 0 Å². The molecule has 1 atom stereocenters. The Bertz CT molecular complexity index is 1450. The Morgan fingerprint density at radius 1 is 0.266 bits per heavy atom. The van der Waals surface area contributed by atoms with Gasteiger partial charge in [0.15, 0.2) is 6.10 Å². The van der Waals surface area contributed by atoms with E-state index in [0.29, 0.717) is 19.3 Å². The molecule has 1 unspecified atom stereocenters. The highest BCUT2D eigenvalue weighted by atomic mass is 16.6. The van der Waals surface area contributed by atoms with Crippen molar-refractivity contribution < 1.29 is 28.6 Å². The second kappa shape index (κ2) is 67.4. The molecule has 0 saturated heterocycles. The van der Waals surface area contributed by atoms with Crippen molar-refractivity contribution in [3.05, 3.63) is 72.9 Å². The highest BCUT2D eigenvalue weighted by Gasteiger charge is 2.19. The summed E-state index contributed by atoms with van der Waals surface area (Å²) in [6.45, 7) is 6.57. The van der Waals surface area contributed by atoms with Crippen molar-refractivity contribution in [2.45, 2.75) is 361 Å². The lowest BCUT2D eigenvalue weighted by molar-refractivity contribution is -0.167. The first-order valence-corrected chi connectivity index (χ1v) is 34.4. The topological polar surface area (TPSA) is 78.9 Å². The molecule has 79 heavy (non-hydrogen) atoms. The maximum atomic E-state index is 12.9. The molecule has 0 spiro atoms. The molecular weight excluding hydrogens is 973 g/mol. The van der Waals surface area contributed by atoms with Crippen molar-refractivity contribution in [2.75, 3.05) is 13.2 Å². The van der Waals surface area contributed by atoms with Crippen LogP contribution in [0.5, 0.6) is 0 Å². The molecule has 0 aromatic carbocycles. The Morgan fingerprint density at radius 2 is 0.494 bits per heavy atom. The van der Waals surface area contributed by atoms with E-state index >= 15 is 0 Å². The molecule has 0 bridgehead atoms. The van der Waals surface area contributed by atoms with Crippen LogP contribution in [0.4, 0.5) is 0 Å². The third kappa shape index (κ3) is 65.5. The maximum absolute atomic E-state index is 12.9. The Balaban J connectivity index is 4.16. The normalized spacial score (nSPS) is 12.5. The van der Waals surface area contributed by atoms with E-state index < -0.39 is 6.10 Å². The van der Waals surface area contributed by atoms with Gasteiger partial charge in [0.2, 0.25) is 0 Å². The van der Waals surface area contributed by atoms with Gasteiger partial charge in [0.05, 0.1) is 0 Å². The molecule has 0 rings (SSSR count). The summed E-state index contributed by atoms with van der Waals surface area (Å²) in [4.78, 5) is 38.3. The summed E-state index contributed by atoms with van der Waals surface area (Å²) in [6, 6.07) is 0. The third-order valence-electron chi connectivity index (χ3n) is 15.2. The van der Waals surface area contributed by atoms with Crippen LogP contribution in [-0.2, 0) is 28.6 Å². The monoisotopic (exact) mass is 1100 g/mol. The Kier molecular flexibility index (Phi) is 64.7. The van der Waals surface area contributed by atoms with Gasteiger partial charge >= 0.3 is 17.9 Å². The lowest BCUT2D eigenvalue weighted by atomic mass is 10.0. The number of hydrogen-bond acceptors (Lipinski definition) is 6. The Hall–Kier alpha value is -3.15. The van der Waals surface area contributed by atoms with Crippen LogP contribution in [0.25, 0.3) is 0 Å². The predicted octanol–water partition coefficient (Wildman–Crippen LogP) is 23.7. The van der Waals surface area contributed by atoms with E-state index in [2.05, 4.69) is 93.7 Å². The number of ether oxygens (including phenoxy) is 3. The quantitative estimate of drug-likeness (QED) is 0.0261. The molecule has 0 fully saturated rings. The number of carbonyl (C=O) groups is 3. The second-order valence-electron chi connectivity index (χ2n) is 23.1. The smallest absolute Gasteiger partial charge is 0.306 e. The first-order valence-electron chi connectivity index (χ1n) is 34.4. The molecule has 0 N–H and O–H groups in total. The second-order valence-corrected chi connectivity index (χ2v) is 23.1. The predicted molar refractivity (Wildman–Crippen MR) is 344 cm³/mol. The van der Waals surface area contributed by atoms with Gasteiger partial charge in [-0.05, 0) is 70.6 Å². The van der Waals surface area contributed by atoms with Gasteiger partial charge in [-0.2, -0.15) is 0 Å². The number of esters is 3. The van der Waals surface area contributed by atoms with E-state index in [1.54, 1.807) is 0 Å². The molecule has 0 aliphatic rings. The summed E-state index contributed by atoms with van der Waals surface area (Å²) in [5, 5.41) is 0. The molecule has 0 aromatic heterocycles. The number of allylic oxidation sites excluding steroid dienone is 12. The van der Waals surface area contributed by atoms with Crippen molar-refractivity contribution in [1.82, 2.24) is 0 Å². The standard InChI is InChI=1S/C73H130O6/c1-4-7-10-13-16-19-22-24-26-28-30-32-33-34-35-36-37-38-39-40-41-42-44-45-47-49-51-54-57-60-63-66-72(75)78-69-70(68-77-71(74)65-62-59-56-53-21-18-15-12-9-6-3)79-73(76)67-64-61-58-55-52-50-48-46-43-31-29-27-25-23-20-17-14-11-8-5-2/h7,10,16,19,24,26,30,32,34-35,37-38,70H,4-6,8-9,11-15,17-18,20-23,25,27-29,31,33,36,39-69H2,1-3H3/b10-7-,19-16-,26-24-,32-30-,35-34-,38-37-. The molecule has 0 saturated carbocycles. The fourth-order valence-electron chi connectivity index (χ4n) is 10.1. The first kappa shape index (κ1) is 75.8. The van der Waals surface area contributed by atoms with Crippen molar-refractivity contribution in [3.63, 3.8) is 0 Å². The first-order chi connectivity index (χ1) is 39.0. The van der Waals surface area contributed by atoms with Crippen LogP contribution in [0.15, 0.2) is 72.9 Å². The van der Waals surface area contributed by atoms with Gasteiger partial charge in [0.25, 0.3) is 0 Å². The van der Waals surface area contributed by atoms with Crippen LogP contribution in [0.3, 0.4) is 0 Å². The van der Waals surface area contributed by atoms with Crippen molar-refractivity contribution in [2.24, 2.45) is 0 Å². The summed E-state index contributed by atoms with van der Waals surface area (Å²) in [5.74, 6) is -0.851. The van der Waals surface area contributed by atoms with Gasteiger partial charge < -0.3 is 14.2 Å². The number of rotatable bonds is 63. The van der Waals surface area contributed by atoms with E-state index in [1.165, 1.54) is 218 Å². The number of hydrogen-bond donors (Lipinski definition) is 0. The lowest BCUT2D eigenvalue weighted by Crippen LogP contribution is -2.30. The van der Waals surface area contributed by atoms with Crippen molar-refractivity contribution in [1.29, 1.82) is 0 Å². The van der Waals surface area contributed by atoms with E-state index in [-0.39, 0.29) is 31.1 Å². The molecule has 0 aliphatic heterocycles. The highest BCUT2D eigenvalue weighted by molar-refractivity contribution is 5.71. The van der Waals surface area contributed by atoms with Gasteiger partial charge in [-0.15, -0.1) is 0 Å². The van der Waals surface area contributed by atoms with E-state index in [9.17, 15) is 14.4 Å². The van der Waals surface area contributed by atoms with Crippen LogP contribution in [0, 0.1) is 0 Å². The Labute approximate surface area is 491 Å². The van der Waals surface area contributed by atoms with Crippen LogP contribution in [-0.4, -0.2) is 37.2 Å². The molecule has 0 radical (unpaired) electrons. The van der Waals surface area contributed by atoms with Crippen LogP contribution in [0.2, 0.25) is 0 Å². The summed E-state index contributed by atoms with van der Waals surface area (Å²) in [7, 11) is 0. The largest absolute Gasteiger partial charge is 0.462 e. The fourth-order valence-corrected chi connectivity index (χ4v) is 10.1. The summed E-state index contributed by atoms with van der Waals surface area (Å²) in [6.07, 6.45) is 87.9. The van der Waals surface area contributed by atoms with E-state index in [4.69, 9.17) is 14.2 Å². The zero-order valence-electron chi connectivity index (χ0n) is 52.6. The average molecular weight is 1100 g/mol. The van der Waals surface area contributed by atoms with Crippen LogP contribution < -0.4 is 0 Å². The van der Waals surface area contributed by atoms with E-state index in [1.807, 2.05) is 0 Å². The zero-order valence-corrected chi connectivity index (χ0v) is 52.6. The van der Waals surface area contributed by atoms with Gasteiger partial charge in [-0.25, -0.2) is 0 Å². The maximum Gasteiger partial charge on any atom is 0.306 e. The number of unbranched alkanes of at least 4 members (excludes halogenated alkanes) is 40. The summed E-state index contributed by atoms with van der Waals surface area (Å²) >= 11 is 0. The van der Waals surface area contributed by atoms with Crippen LogP contribution in [0.1, 0.15) is 355 Å². The fraction of sp³-hybridized carbons (Fsp3) is 0.795. The number of carbonyl (C=O) groups excluding carboxylic acids is 3. The minimum absolute atomic E-state index is 0.0695. The van der Waals surface area contributed by atoms with E-state index in [0.717, 1.165) is 96.3 Å². The van der Waals surface area contributed by atoms with Gasteiger partial charge in [0.1, 0.15) is 13.2 Å². The Morgan fingerprint density at radius 3 is 0.772 bits per heavy atom. The molecule has 458 valence electrons. The summed E-state index contributed by atoms with van der Waals surface area (Å²) in [5.41, 5.74) is 0.